The van der Waals surface area contributed by atoms with Crippen LogP contribution in [0.25, 0.3) is 10.4 Å². The molecule has 0 saturated carbocycles. The van der Waals surface area contributed by atoms with Crippen LogP contribution in [0, 0.1) is 0 Å². The van der Waals surface area contributed by atoms with Gasteiger partial charge in [0.15, 0.2) is 11.6 Å². The molecule has 1 heterocycles. The summed E-state index contributed by atoms with van der Waals surface area (Å²) in [5, 5.41) is 15.7. The lowest BCUT2D eigenvalue weighted by molar-refractivity contribution is -0.128. The summed E-state index contributed by atoms with van der Waals surface area (Å²) in [6.45, 7) is 6.78. The highest BCUT2D eigenvalue weighted by atomic mass is 16.5. The predicted octanol–water partition coefficient (Wildman–Crippen LogP) is 4.75. The third-order valence-corrected chi connectivity index (χ3v) is 5.39. The van der Waals surface area contributed by atoms with E-state index in [-0.39, 0.29) is 18.9 Å². The van der Waals surface area contributed by atoms with E-state index in [0.717, 1.165) is 6.42 Å². The lowest BCUT2D eigenvalue weighted by Crippen LogP contribution is -2.48. The number of aliphatic hydroxyl groups excluding tert-OH is 1. The predicted molar refractivity (Wildman–Crippen MR) is 130 cm³/mol. The SMILES string of the molecule is C=CC[C@@]1(C(=O)NCCC)N=C(c2ccc(OCCCO)cc2)O[C@@H]1c1ccccc1N=[N+]=[N-]. The summed E-state index contributed by atoms with van der Waals surface area (Å²) >= 11 is 0. The van der Waals surface area contributed by atoms with Crippen molar-refractivity contribution in [1.82, 2.24) is 5.32 Å². The molecule has 0 unspecified atom stereocenters. The van der Waals surface area contributed by atoms with Gasteiger partial charge >= 0.3 is 0 Å². The molecule has 178 valence electrons. The molecule has 0 aliphatic carbocycles. The van der Waals surface area contributed by atoms with Gasteiger partial charge < -0.3 is 19.9 Å². The Kier molecular flexibility index (Phi) is 8.67. The zero-order valence-corrected chi connectivity index (χ0v) is 19.2. The first-order valence-electron chi connectivity index (χ1n) is 11.2. The third-order valence-electron chi connectivity index (χ3n) is 5.39. The molecule has 9 nitrogen and oxygen atoms in total. The van der Waals surface area contributed by atoms with E-state index in [1.165, 1.54) is 0 Å². The van der Waals surface area contributed by atoms with Crippen LogP contribution in [0.1, 0.15) is 43.4 Å². The first-order valence-corrected chi connectivity index (χ1v) is 11.2. The number of aliphatic hydroxyl groups is 1. The Bertz CT molecular complexity index is 1080. The summed E-state index contributed by atoms with van der Waals surface area (Å²) in [7, 11) is 0. The summed E-state index contributed by atoms with van der Waals surface area (Å²) in [6, 6.07) is 14.2. The zero-order valence-electron chi connectivity index (χ0n) is 19.2. The number of ether oxygens (including phenoxy) is 2. The highest BCUT2D eigenvalue weighted by molar-refractivity contribution is 6.01. The minimum Gasteiger partial charge on any atom is -0.494 e. The van der Waals surface area contributed by atoms with Crippen molar-refractivity contribution in [3.63, 3.8) is 0 Å². The van der Waals surface area contributed by atoms with E-state index in [1.54, 1.807) is 54.6 Å². The fourth-order valence-corrected chi connectivity index (χ4v) is 3.75. The minimum atomic E-state index is -1.32. The summed E-state index contributed by atoms with van der Waals surface area (Å²) < 4.78 is 11.9. The number of hydrogen-bond donors (Lipinski definition) is 2. The summed E-state index contributed by atoms with van der Waals surface area (Å²) in [5.41, 5.74) is 9.34. The second-order valence-electron chi connectivity index (χ2n) is 7.79. The molecular formula is C25H29N5O4. The molecule has 2 atom stereocenters. The van der Waals surface area contributed by atoms with Crippen molar-refractivity contribution in [2.24, 2.45) is 10.1 Å². The van der Waals surface area contributed by atoms with Crippen LogP contribution < -0.4 is 10.1 Å². The third kappa shape index (κ3) is 5.39. The summed E-state index contributed by atoms with van der Waals surface area (Å²) in [6.07, 6.45) is 2.36. The fraction of sp³-hybridized carbons (Fsp3) is 0.360. The number of carbonyl (C=O) groups is 1. The molecule has 2 aromatic rings. The van der Waals surface area contributed by atoms with E-state index in [0.29, 0.717) is 48.0 Å². The van der Waals surface area contributed by atoms with Gasteiger partial charge in [-0.25, -0.2) is 4.99 Å². The Morgan fingerprint density at radius 2 is 2.12 bits per heavy atom. The van der Waals surface area contributed by atoms with Gasteiger partial charge in [0.2, 0.25) is 5.90 Å². The maximum atomic E-state index is 13.5. The van der Waals surface area contributed by atoms with Crippen LogP contribution in [-0.2, 0) is 9.53 Å². The minimum absolute atomic E-state index is 0.0624. The topological polar surface area (TPSA) is 129 Å². The van der Waals surface area contributed by atoms with E-state index in [1.807, 2.05) is 6.92 Å². The molecule has 0 aromatic heterocycles. The molecule has 2 aromatic carbocycles. The molecule has 34 heavy (non-hydrogen) atoms. The molecule has 1 amide bonds. The molecule has 3 rings (SSSR count). The van der Waals surface area contributed by atoms with Gasteiger partial charge in [0, 0.05) is 47.7 Å². The maximum absolute atomic E-state index is 13.5. The van der Waals surface area contributed by atoms with Gasteiger partial charge in [-0.15, -0.1) is 6.58 Å². The molecule has 0 saturated heterocycles. The smallest absolute Gasteiger partial charge is 0.252 e. The average Bonchev–Trinajstić information content (AvgIpc) is 3.24. The number of amides is 1. The lowest BCUT2D eigenvalue weighted by atomic mass is 9.84. The van der Waals surface area contributed by atoms with Gasteiger partial charge in [-0.05, 0) is 36.2 Å². The van der Waals surface area contributed by atoms with Crippen LogP contribution in [0.4, 0.5) is 5.69 Å². The fourth-order valence-electron chi connectivity index (χ4n) is 3.75. The number of hydrogen-bond acceptors (Lipinski definition) is 6. The van der Waals surface area contributed by atoms with E-state index >= 15 is 0 Å². The summed E-state index contributed by atoms with van der Waals surface area (Å²) in [4.78, 5) is 21.2. The van der Waals surface area contributed by atoms with E-state index in [9.17, 15) is 4.79 Å². The number of nitrogens with zero attached hydrogens (tertiary/aromatic N) is 4. The molecule has 0 bridgehead atoms. The second-order valence-corrected chi connectivity index (χ2v) is 7.79. The average molecular weight is 464 g/mol. The van der Waals surface area contributed by atoms with Crippen LogP contribution in [-0.4, -0.2) is 42.2 Å². The molecule has 0 spiro atoms. The van der Waals surface area contributed by atoms with Crippen molar-refractivity contribution in [3.8, 4) is 5.75 Å². The maximum Gasteiger partial charge on any atom is 0.252 e. The van der Waals surface area contributed by atoms with Gasteiger partial charge in [-0.3, -0.25) is 4.79 Å². The number of aliphatic imine (C=N–C) groups is 1. The van der Waals surface area contributed by atoms with Crippen molar-refractivity contribution >= 4 is 17.5 Å². The molecule has 0 radical (unpaired) electrons. The van der Waals surface area contributed by atoms with Crippen LogP contribution in [0.5, 0.6) is 5.75 Å². The van der Waals surface area contributed by atoms with Gasteiger partial charge in [0.05, 0.1) is 6.61 Å². The van der Waals surface area contributed by atoms with E-state index < -0.39 is 11.6 Å². The number of benzene rings is 2. The zero-order chi connectivity index (χ0) is 24.4. The Hall–Kier alpha value is -3.81. The van der Waals surface area contributed by atoms with E-state index in [4.69, 9.17) is 25.1 Å². The van der Waals surface area contributed by atoms with Crippen LogP contribution in [0.15, 0.2) is 71.3 Å². The monoisotopic (exact) mass is 463 g/mol. The van der Waals surface area contributed by atoms with Crippen molar-refractivity contribution in [3.05, 3.63) is 82.8 Å². The molecule has 1 aliphatic heterocycles. The standard InChI is InChI=1S/C25H29N5O4/c1-3-14-25(24(32)27-15-4-2)22(20-8-5-6-9-21(20)29-30-26)34-23(28-25)18-10-12-19(13-11-18)33-17-7-16-31/h3,5-6,8-13,22,31H,1,4,7,14-17H2,2H3,(H,27,32)/t22-,25-/m1/s1. The molecule has 9 heteroatoms. The Labute approximate surface area is 198 Å². The lowest BCUT2D eigenvalue weighted by Gasteiger charge is -2.30. The molecule has 2 N–H and O–H groups in total. The number of carbonyl (C=O) groups excluding carboxylic acids is 1. The van der Waals surface area contributed by atoms with Gasteiger partial charge in [-0.2, -0.15) is 0 Å². The highest BCUT2D eigenvalue weighted by Crippen LogP contribution is 2.45. The van der Waals surface area contributed by atoms with Gasteiger partial charge in [0.1, 0.15) is 5.75 Å². The van der Waals surface area contributed by atoms with Crippen LogP contribution in [0.2, 0.25) is 0 Å². The largest absolute Gasteiger partial charge is 0.494 e. The van der Waals surface area contributed by atoms with Crippen molar-refractivity contribution < 1.29 is 19.4 Å². The Morgan fingerprint density at radius 1 is 1.35 bits per heavy atom. The quantitative estimate of drug-likeness (QED) is 0.155. The Balaban J connectivity index is 2.04. The van der Waals surface area contributed by atoms with Crippen molar-refractivity contribution in [2.75, 3.05) is 19.8 Å². The highest BCUT2D eigenvalue weighted by Gasteiger charge is 2.52. The van der Waals surface area contributed by atoms with Crippen LogP contribution in [0.3, 0.4) is 0 Å². The number of rotatable bonds is 12. The van der Waals surface area contributed by atoms with Crippen molar-refractivity contribution in [1.29, 1.82) is 0 Å². The molecule has 0 fully saturated rings. The van der Waals surface area contributed by atoms with Gasteiger partial charge in [-0.1, -0.05) is 42.4 Å². The Morgan fingerprint density at radius 3 is 2.79 bits per heavy atom. The van der Waals surface area contributed by atoms with E-state index in [2.05, 4.69) is 21.9 Å². The van der Waals surface area contributed by atoms with Crippen molar-refractivity contribution in [2.45, 2.75) is 37.8 Å². The first kappa shape index (κ1) is 24.8. The van der Waals surface area contributed by atoms with Crippen LogP contribution >= 0.6 is 0 Å². The second kappa shape index (κ2) is 11.9. The first-order chi connectivity index (χ1) is 16.6. The summed E-state index contributed by atoms with van der Waals surface area (Å²) in [5.74, 6) is 0.671. The normalized spacial score (nSPS) is 18.9. The molecular weight excluding hydrogens is 434 g/mol. The number of azide groups is 1. The van der Waals surface area contributed by atoms with Gasteiger partial charge in [0.25, 0.3) is 5.91 Å². The number of nitrogens with one attached hydrogen (secondary N) is 1. The molecule has 1 aliphatic rings.